The van der Waals surface area contributed by atoms with Gasteiger partial charge in [0.1, 0.15) is 5.84 Å². The molecule has 1 saturated heterocycles. The number of fused-ring (bicyclic) bond motifs is 1. The highest BCUT2D eigenvalue weighted by Crippen LogP contribution is 2.38. The van der Waals surface area contributed by atoms with Gasteiger partial charge in [-0.2, -0.15) is 36.4 Å². The first-order valence-electron chi connectivity index (χ1n) is 11.5. The number of amides is 1. The number of hydrogen-bond donors (Lipinski definition) is 0. The highest BCUT2D eigenvalue weighted by molar-refractivity contribution is 8.18. The lowest BCUT2D eigenvalue weighted by atomic mass is 10.0. The zero-order valence-electron chi connectivity index (χ0n) is 19.8. The summed E-state index contributed by atoms with van der Waals surface area (Å²) in [4.78, 5) is 18.9. The van der Waals surface area contributed by atoms with E-state index in [1.807, 2.05) is 11.0 Å². The topological polar surface area (TPSA) is 59.7 Å². The predicted octanol–water partition coefficient (Wildman–Crippen LogP) is 6.45. The molecule has 1 aromatic heterocycles. The number of thioether (sulfide) groups is 1. The Morgan fingerprint density at radius 1 is 1.11 bits per heavy atom. The van der Waals surface area contributed by atoms with Crippen LogP contribution in [0.4, 0.5) is 31.1 Å². The van der Waals surface area contributed by atoms with Gasteiger partial charge in [-0.1, -0.05) is 12.1 Å². The number of ether oxygens (including phenoxy) is 1. The fraction of sp³-hybridized carbons (Fsp3) is 0.320. The first-order valence-corrected chi connectivity index (χ1v) is 12.3. The Bertz CT molecular complexity index is 1460. The number of alkyl halides is 6. The summed E-state index contributed by atoms with van der Waals surface area (Å²) in [5, 5.41) is 4.58. The van der Waals surface area contributed by atoms with Gasteiger partial charge in [0.15, 0.2) is 0 Å². The number of aromatic nitrogens is 2. The van der Waals surface area contributed by atoms with Gasteiger partial charge in [-0.3, -0.25) is 9.48 Å². The van der Waals surface area contributed by atoms with E-state index in [2.05, 4.69) is 10.1 Å². The van der Waals surface area contributed by atoms with Crippen LogP contribution in [0.25, 0.3) is 17.0 Å². The van der Waals surface area contributed by atoms with Gasteiger partial charge in [0.05, 0.1) is 34.2 Å². The van der Waals surface area contributed by atoms with E-state index >= 15 is 0 Å². The van der Waals surface area contributed by atoms with E-state index in [0.717, 1.165) is 29.8 Å². The van der Waals surface area contributed by atoms with E-state index in [0.29, 0.717) is 40.8 Å². The molecule has 1 unspecified atom stereocenters. The van der Waals surface area contributed by atoms with E-state index in [-0.39, 0.29) is 29.5 Å². The van der Waals surface area contributed by atoms with Crippen molar-refractivity contribution < 1.29 is 35.9 Å². The lowest BCUT2D eigenvalue weighted by Crippen LogP contribution is -2.29. The number of carbonyl (C=O) groups is 1. The Labute approximate surface area is 217 Å². The molecule has 0 bridgehead atoms. The lowest BCUT2D eigenvalue weighted by Gasteiger charge is -2.18. The standard InChI is InChI=1S/C25H20F6N4O2S/c1-37-18-6-7-34(13-18)22-21(38-23(36)32-22)9-14-2-5-20-16(8-14)12-35(33-20)11-15-3-4-17(24(26,27)28)10-19(15)25(29,30)31/h2-5,8-10,12,18H,6-7,11,13H2,1H3/b21-9-. The first-order chi connectivity index (χ1) is 17.9. The van der Waals surface area contributed by atoms with E-state index in [4.69, 9.17) is 4.74 Å². The molecule has 3 aromatic rings. The van der Waals surface area contributed by atoms with E-state index < -0.39 is 23.5 Å². The van der Waals surface area contributed by atoms with E-state index in [9.17, 15) is 31.1 Å². The molecule has 3 heterocycles. The van der Waals surface area contributed by atoms with Gasteiger partial charge in [0.25, 0.3) is 0 Å². The van der Waals surface area contributed by atoms with Crippen molar-refractivity contribution in [1.29, 1.82) is 0 Å². The van der Waals surface area contributed by atoms with Crippen LogP contribution in [0.15, 0.2) is 52.5 Å². The minimum atomic E-state index is -4.96. The maximum Gasteiger partial charge on any atom is 0.416 e. The van der Waals surface area contributed by atoms with Gasteiger partial charge in [-0.25, -0.2) is 0 Å². The Morgan fingerprint density at radius 2 is 1.89 bits per heavy atom. The molecule has 13 heteroatoms. The Morgan fingerprint density at radius 3 is 2.58 bits per heavy atom. The molecular weight excluding hydrogens is 534 g/mol. The van der Waals surface area contributed by atoms with Gasteiger partial charge in [0.2, 0.25) is 0 Å². The van der Waals surface area contributed by atoms with Crippen LogP contribution in [0.5, 0.6) is 0 Å². The molecule has 2 aliphatic rings. The minimum absolute atomic E-state index is 0.0596. The average Bonchev–Trinajstić information content (AvgIpc) is 3.55. The third-order valence-electron chi connectivity index (χ3n) is 6.34. The highest BCUT2D eigenvalue weighted by atomic mass is 32.2. The molecule has 6 nitrogen and oxygen atoms in total. The van der Waals surface area contributed by atoms with Crippen molar-refractivity contribution in [2.45, 2.75) is 31.4 Å². The second-order valence-corrected chi connectivity index (χ2v) is 9.91. The maximum absolute atomic E-state index is 13.5. The van der Waals surface area contributed by atoms with E-state index in [1.165, 1.54) is 10.9 Å². The monoisotopic (exact) mass is 554 g/mol. The fourth-order valence-corrected chi connectivity index (χ4v) is 5.27. The number of halogens is 6. The molecule has 0 aliphatic carbocycles. The Kier molecular flexibility index (Phi) is 6.76. The largest absolute Gasteiger partial charge is 0.416 e. The molecule has 38 heavy (non-hydrogen) atoms. The Hall–Kier alpha value is -3.32. The van der Waals surface area contributed by atoms with Crippen LogP contribution in [0.3, 0.4) is 0 Å². The summed E-state index contributed by atoms with van der Waals surface area (Å²) >= 11 is 1.01. The van der Waals surface area contributed by atoms with Gasteiger partial charge in [0, 0.05) is 31.8 Å². The van der Waals surface area contributed by atoms with Gasteiger partial charge >= 0.3 is 17.6 Å². The number of carbonyl (C=O) groups excluding carboxylic acids is 1. The molecule has 0 N–H and O–H groups in total. The highest BCUT2D eigenvalue weighted by Gasteiger charge is 2.38. The summed E-state index contributed by atoms with van der Waals surface area (Å²) in [5.41, 5.74) is -1.82. The van der Waals surface area contributed by atoms with Crippen molar-refractivity contribution in [2.24, 2.45) is 4.99 Å². The lowest BCUT2D eigenvalue weighted by molar-refractivity contribution is -0.143. The molecule has 200 valence electrons. The average molecular weight is 555 g/mol. The predicted molar refractivity (Wildman–Crippen MR) is 131 cm³/mol. The van der Waals surface area contributed by atoms with Crippen molar-refractivity contribution in [3.63, 3.8) is 0 Å². The molecule has 5 rings (SSSR count). The number of nitrogens with zero attached hydrogens (tertiary/aromatic N) is 4. The SMILES string of the molecule is COC1CCN(C2=NC(=O)S/C2=C\c2ccc3nn(Cc4ccc(C(F)(F)F)cc4C(F)(F)F)cc3c2)C1. The number of methoxy groups -OCH3 is 1. The summed E-state index contributed by atoms with van der Waals surface area (Å²) in [6.07, 6.45) is -5.64. The molecule has 1 atom stereocenters. The minimum Gasteiger partial charge on any atom is -0.380 e. The first kappa shape index (κ1) is 26.3. The van der Waals surface area contributed by atoms with Gasteiger partial charge in [-0.15, -0.1) is 0 Å². The molecule has 0 radical (unpaired) electrons. The number of likely N-dealkylation sites (tertiary alicyclic amines) is 1. The number of amidine groups is 1. The van der Waals surface area contributed by atoms with Crippen molar-refractivity contribution >= 4 is 39.8 Å². The van der Waals surface area contributed by atoms with Crippen LogP contribution in [-0.2, 0) is 23.6 Å². The van der Waals surface area contributed by atoms with Gasteiger partial charge in [-0.05, 0) is 59.7 Å². The van der Waals surface area contributed by atoms with Crippen molar-refractivity contribution in [1.82, 2.24) is 14.7 Å². The number of rotatable bonds is 4. The van der Waals surface area contributed by atoms with Crippen LogP contribution < -0.4 is 0 Å². The third kappa shape index (κ3) is 5.44. The van der Waals surface area contributed by atoms with Crippen molar-refractivity contribution in [2.75, 3.05) is 20.2 Å². The van der Waals surface area contributed by atoms with Crippen molar-refractivity contribution in [3.05, 3.63) is 69.8 Å². The Balaban J connectivity index is 1.41. The second kappa shape index (κ2) is 9.77. The molecular formula is C25H20F6N4O2S. The maximum atomic E-state index is 13.5. The van der Waals surface area contributed by atoms with Crippen LogP contribution in [0, 0.1) is 0 Å². The summed E-state index contributed by atoms with van der Waals surface area (Å²) in [7, 11) is 1.64. The zero-order valence-corrected chi connectivity index (χ0v) is 20.6. The quantitative estimate of drug-likeness (QED) is 0.347. The summed E-state index contributed by atoms with van der Waals surface area (Å²) in [6, 6.07) is 6.80. The number of hydrogen-bond acceptors (Lipinski definition) is 5. The molecule has 0 saturated carbocycles. The van der Waals surface area contributed by atoms with Crippen molar-refractivity contribution in [3.8, 4) is 0 Å². The van der Waals surface area contributed by atoms with Crippen LogP contribution in [0.1, 0.15) is 28.7 Å². The normalized spacial score (nSPS) is 19.7. The molecule has 0 spiro atoms. The van der Waals surface area contributed by atoms with E-state index in [1.54, 1.807) is 25.3 Å². The van der Waals surface area contributed by atoms with Crippen LogP contribution >= 0.6 is 11.8 Å². The van der Waals surface area contributed by atoms with Crippen LogP contribution in [0.2, 0.25) is 0 Å². The summed E-state index contributed by atoms with van der Waals surface area (Å²) in [6.45, 7) is 0.962. The summed E-state index contributed by atoms with van der Waals surface area (Å²) in [5.74, 6) is 0.581. The van der Waals surface area contributed by atoms with Crippen LogP contribution in [-0.4, -0.2) is 52.1 Å². The molecule has 2 aromatic carbocycles. The molecule has 1 amide bonds. The van der Waals surface area contributed by atoms with Gasteiger partial charge < -0.3 is 9.64 Å². The number of aliphatic imine (C=N–C) groups is 1. The fourth-order valence-electron chi connectivity index (χ4n) is 4.48. The zero-order chi connectivity index (χ0) is 27.2. The number of benzene rings is 2. The smallest absolute Gasteiger partial charge is 0.380 e. The summed E-state index contributed by atoms with van der Waals surface area (Å²) < 4.78 is 86.2. The molecule has 1 fully saturated rings. The molecule has 2 aliphatic heterocycles. The third-order valence-corrected chi connectivity index (χ3v) is 7.13. The second-order valence-electron chi connectivity index (χ2n) is 8.92.